The van der Waals surface area contributed by atoms with Crippen molar-refractivity contribution in [3.63, 3.8) is 0 Å². The van der Waals surface area contributed by atoms with Gasteiger partial charge in [0, 0.05) is 29.6 Å². The largest absolute Gasteiger partial charge is 0.516 e. The summed E-state index contributed by atoms with van der Waals surface area (Å²) in [7, 11) is -4.47. The summed E-state index contributed by atoms with van der Waals surface area (Å²) in [4.78, 5) is 30.5. The highest BCUT2D eigenvalue weighted by Crippen LogP contribution is 2.63. The lowest BCUT2D eigenvalue weighted by Crippen LogP contribution is -2.45. The van der Waals surface area contributed by atoms with Crippen molar-refractivity contribution in [2.75, 3.05) is 11.4 Å². The van der Waals surface area contributed by atoms with E-state index < -0.39 is 51.1 Å². The zero-order chi connectivity index (χ0) is 23.4. The Labute approximate surface area is 185 Å². The number of rotatable bonds is 1. The summed E-state index contributed by atoms with van der Waals surface area (Å²) in [5.74, 6) is -3.88. The molecule has 0 unspecified atom stereocenters. The maximum Gasteiger partial charge on any atom is 0.516 e. The first-order chi connectivity index (χ1) is 15.6. The molecule has 2 amide bonds. The van der Waals surface area contributed by atoms with Gasteiger partial charge in [-0.25, -0.2) is 0 Å². The highest BCUT2D eigenvalue weighted by atomic mass is 32.2. The molecule has 2 aromatic carbocycles. The molecule has 2 aliphatic heterocycles. The van der Waals surface area contributed by atoms with Gasteiger partial charge in [-0.3, -0.25) is 18.8 Å². The van der Waals surface area contributed by atoms with Gasteiger partial charge in [0.2, 0.25) is 11.8 Å². The number of alkyl halides is 3. The molecule has 6 rings (SSSR count). The van der Waals surface area contributed by atoms with E-state index in [-0.39, 0.29) is 11.4 Å². The highest BCUT2D eigenvalue weighted by Gasteiger charge is 2.65. The number of aromatic nitrogens is 1. The van der Waals surface area contributed by atoms with E-state index in [0.29, 0.717) is 26.3 Å². The molecule has 1 saturated heterocycles. The van der Waals surface area contributed by atoms with Gasteiger partial charge >= 0.3 is 15.5 Å². The Morgan fingerprint density at radius 2 is 1.61 bits per heavy atom. The molecule has 1 fully saturated rings. The Bertz CT molecular complexity index is 1480. The molecule has 0 bridgehead atoms. The number of carbonyl (C=O) groups excluding carboxylic acids is 2. The second kappa shape index (κ2) is 6.16. The van der Waals surface area contributed by atoms with Crippen LogP contribution in [0.2, 0.25) is 0 Å². The third kappa shape index (κ3) is 2.32. The van der Waals surface area contributed by atoms with E-state index >= 15 is 0 Å². The number of hydrogen-bond donors (Lipinski definition) is 1. The van der Waals surface area contributed by atoms with Crippen LogP contribution in [-0.2, 0) is 19.6 Å². The summed E-state index contributed by atoms with van der Waals surface area (Å²) in [5.41, 5.74) is -4.24. The summed E-state index contributed by atoms with van der Waals surface area (Å²) in [6.07, 6.45) is 0. The van der Waals surface area contributed by atoms with Crippen LogP contribution in [0.3, 0.4) is 0 Å². The number of nitrogens with zero attached hydrogens (tertiary/aromatic N) is 2. The third-order valence-electron chi connectivity index (χ3n) is 7.02. The molecule has 1 aromatic heterocycles. The zero-order valence-corrected chi connectivity index (χ0v) is 17.8. The maximum atomic E-state index is 13.8. The van der Waals surface area contributed by atoms with Gasteiger partial charge in [0.25, 0.3) is 0 Å². The van der Waals surface area contributed by atoms with Crippen LogP contribution in [0.15, 0.2) is 48.5 Å². The molecule has 7 nitrogen and oxygen atoms in total. The number of aromatic amines is 1. The normalized spacial score (nSPS) is 26.4. The van der Waals surface area contributed by atoms with Crippen molar-refractivity contribution < 1.29 is 31.2 Å². The van der Waals surface area contributed by atoms with Crippen LogP contribution < -0.4 is 4.31 Å². The van der Waals surface area contributed by atoms with Crippen molar-refractivity contribution in [3.8, 4) is 0 Å². The maximum absolute atomic E-state index is 13.8. The molecule has 33 heavy (non-hydrogen) atoms. The lowest BCUT2D eigenvalue weighted by atomic mass is 9.68. The fourth-order valence-electron chi connectivity index (χ4n) is 5.77. The number of fused-ring (bicyclic) bond motifs is 10. The van der Waals surface area contributed by atoms with E-state index in [2.05, 4.69) is 4.98 Å². The fourth-order valence-corrected chi connectivity index (χ4v) is 6.95. The first-order valence-electron chi connectivity index (χ1n) is 10.2. The summed E-state index contributed by atoms with van der Waals surface area (Å²) >= 11 is 0. The summed E-state index contributed by atoms with van der Waals surface area (Å²) < 4.78 is 67.5. The van der Waals surface area contributed by atoms with Crippen molar-refractivity contribution in [2.45, 2.75) is 23.4 Å². The SMILES string of the molecule is CN1C(=O)[C@@H]2[C@@H]3c4ccccc4N(S(=O)(=O)C(F)(F)F)[C@@H]3c3[nH]c4ccccc4c3[C@@H]2C1=O. The van der Waals surface area contributed by atoms with Crippen LogP contribution in [0.1, 0.15) is 34.7 Å². The third-order valence-corrected chi connectivity index (χ3v) is 8.55. The van der Waals surface area contributed by atoms with E-state index in [0.717, 1.165) is 4.90 Å². The van der Waals surface area contributed by atoms with E-state index in [1.807, 2.05) is 0 Å². The minimum Gasteiger partial charge on any atom is -0.356 e. The first-order valence-corrected chi connectivity index (χ1v) is 11.6. The number of hydrogen-bond acceptors (Lipinski definition) is 4. The summed E-state index contributed by atoms with van der Waals surface area (Å²) in [6, 6.07) is 11.4. The minimum absolute atomic E-state index is 0.134. The lowest BCUT2D eigenvalue weighted by Gasteiger charge is -2.37. The van der Waals surface area contributed by atoms with Crippen molar-refractivity contribution in [2.24, 2.45) is 5.92 Å². The van der Waals surface area contributed by atoms with Crippen LogP contribution >= 0.6 is 0 Å². The summed E-state index contributed by atoms with van der Waals surface area (Å²) in [5, 5.41) is 0.581. The number of H-pyrrole nitrogens is 1. The number of benzene rings is 2. The monoisotopic (exact) mass is 475 g/mol. The Morgan fingerprint density at radius 3 is 2.33 bits per heavy atom. The molecule has 1 N–H and O–H groups in total. The molecule has 1 aliphatic carbocycles. The van der Waals surface area contributed by atoms with E-state index in [1.54, 1.807) is 30.3 Å². The molecule has 0 radical (unpaired) electrons. The number of para-hydroxylation sites is 2. The molecule has 170 valence electrons. The molecule has 0 spiro atoms. The van der Waals surface area contributed by atoms with Crippen molar-refractivity contribution in [3.05, 3.63) is 65.4 Å². The Balaban J connectivity index is 1.73. The first kappa shape index (κ1) is 20.3. The zero-order valence-electron chi connectivity index (χ0n) is 17.0. The van der Waals surface area contributed by atoms with Crippen molar-refractivity contribution in [1.82, 2.24) is 9.88 Å². The van der Waals surface area contributed by atoms with Gasteiger partial charge in [0.15, 0.2) is 0 Å². The van der Waals surface area contributed by atoms with Crippen LogP contribution in [0.5, 0.6) is 0 Å². The molecule has 3 heterocycles. The van der Waals surface area contributed by atoms with E-state index in [1.165, 1.54) is 25.2 Å². The van der Waals surface area contributed by atoms with E-state index in [9.17, 15) is 31.2 Å². The van der Waals surface area contributed by atoms with Crippen LogP contribution in [0.4, 0.5) is 18.9 Å². The average Bonchev–Trinajstić information content (AvgIpc) is 3.38. The second-order valence-electron chi connectivity index (χ2n) is 8.51. The van der Waals surface area contributed by atoms with Gasteiger partial charge in [-0.05, 0) is 23.3 Å². The topological polar surface area (TPSA) is 90.6 Å². The molecular weight excluding hydrogens is 459 g/mol. The van der Waals surface area contributed by atoms with Crippen LogP contribution in [-0.4, -0.2) is 42.7 Å². The van der Waals surface area contributed by atoms with Gasteiger partial charge in [0.1, 0.15) is 0 Å². The molecule has 0 saturated carbocycles. The highest BCUT2D eigenvalue weighted by molar-refractivity contribution is 7.93. The number of imide groups is 1. The smallest absolute Gasteiger partial charge is 0.356 e. The number of anilines is 1. The number of nitrogens with one attached hydrogen (secondary N) is 1. The van der Waals surface area contributed by atoms with Crippen LogP contribution in [0, 0.1) is 5.92 Å². The Hall–Kier alpha value is -3.34. The molecule has 3 aromatic rings. The fraction of sp³-hybridized carbons (Fsp3) is 0.273. The number of carbonyl (C=O) groups is 2. The van der Waals surface area contributed by atoms with Crippen LogP contribution in [0.25, 0.3) is 10.9 Å². The number of halogens is 3. The van der Waals surface area contributed by atoms with Crippen molar-refractivity contribution >= 4 is 38.4 Å². The summed E-state index contributed by atoms with van der Waals surface area (Å²) in [6.45, 7) is 0. The quantitative estimate of drug-likeness (QED) is 0.547. The number of likely N-dealkylation sites (N-methyl/N-ethyl adjacent to an activating group) is 1. The van der Waals surface area contributed by atoms with Gasteiger partial charge in [-0.1, -0.05) is 36.4 Å². The number of amides is 2. The molecule has 11 heteroatoms. The van der Waals surface area contributed by atoms with Gasteiger partial charge in [-0.2, -0.15) is 21.6 Å². The van der Waals surface area contributed by atoms with Crippen molar-refractivity contribution in [1.29, 1.82) is 0 Å². The second-order valence-corrected chi connectivity index (χ2v) is 10.3. The Kier molecular flexibility index (Phi) is 3.79. The van der Waals surface area contributed by atoms with Gasteiger partial charge < -0.3 is 4.98 Å². The predicted octanol–water partition coefficient (Wildman–Crippen LogP) is 3.37. The molecule has 3 aliphatic rings. The molecular formula is C22H16F3N3O4S. The average molecular weight is 475 g/mol. The predicted molar refractivity (Wildman–Crippen MR) is 112 cm³/mol. The molecule has 4 atom stereocenters. The van der Waals surface area contributed by atoms with Gasteiger partial charge in [-0.15, -0.1) is 0 Å². The standard InChI is InChI=1S/C22H16F3N3O4S/c1-27-20(29)16-14-10-6-2-4-8-12(10)26-18(14)19-15(17(16)21(27)30)11-7-3-5-9-13(11)28(19)33(31,32)22(23,24)25/h2-9,15-17,19,26H,1H3/t15-,16-,17+,19-/m0/s1. The minimum atomic E-state index is -5.81. The Morgan fingerprint density at radius 1 is 0.939 bits per heavy atom. The number of likely N-dealkylation sites (tertiary alicyclic amines) is 1. The van der Waals surface area contributed by atoms with Gasteiger partial charge in [0.05, 0.1) is 23.6 Å². The van der Waals surface area contributed by atoms with E-state index in [4.69, 9.17) is 0 Å². The number of sulfonamides is 1. The lowest BCUT2D eigenvalue weighted by molar-refractivity contribution is -0.138.